The molecule has 4 nitrogen and oxygen atoms in total. The highest BCUT2D eigenvalue weighted by molar-refractivity contribution is 7.16. The average Bonchev–Trinajstić information content (AvgIpc) is 2.85. The van der Waals surface area contributed by atoms with E-state index in [0.717, 1.165) is 42.0 Å². The van der Waals surface area contributed by atoms with Crippen LogP contribution in [0.1, 0.15) is 12.8 Å². The van der Waals surface area contributed by atoms with E-state index < -0.39 is 0 Å². The Hall–Kier alpha value is -0.910. The van der Waals surface area contributed by atoms with Gasteiger partial charge < -0.3 is 9.64 Å². The third-order valence-electron chi connectivity index (χ3n) is 3.29. The first-order valence-electron chi connectivity index (χ1n) is 5.96. The van der Waals surface area contributed by atoms with Crippen molar-refractivity contribution in [1.82, 2.24) is 9.97 Å². The topological polar surface area (TPSA) is 38.2 Å². The second-order valence-corrected chi connectivity index (χ2v) is 5.63. The summed E-state index contributed by atoms with van der Waals surface area (Å²) in [7, 11) is 1.77. The van der Waals surface area contributed by atoms with Crippen molar-refractivity contribution in [2.45, 2.75) is 18.9 Å². The lowest BCUT2D eigenvalue weighted by Gasteiger charge is -2.33. The van der Waals surface area contributed by atoms with Crippen LogP contribution < -0.4 is 4.90 Å². The molecule has 0 spiro atoms. The summed E-state index contributed by atoms with van der Waals surface area (Å²) in [6, 6.07) is 2.06. The van der Waals surface area contributed by atoms with Gasteiger partial charge in [0.1, 0.15) is 10.6 Å². The number of hydrogen-bond donors (Lipinski definition) is 0. The van der Waals surface area contributed by atoms with Crippen molar-refractivity contribution in [2.75, 3.05) is 25.1 Å². The number of nitrogens with zero attached hydrogens (tertiary/aromatic N) is 3. The van der Waals surface area contributed by atoms with E-state index in [2.05, 4.69) is 20.9 Å². The third-order valence-corrected chi connectivity index (χ3v) is 4.26. The lowest BCUT2D eigenvalue weighted by Crippen LogP contribution is -2.39. The lowest BCUT2D eigenvalue weighted by atomic mass is 10.1. The van der Waals surface area contributed by atoms with Crippen LogP contribution in [0, 0.1) is 0 Å². The van der Waals surface area contributed by atoms with E-state index in [-0.39, 0.29) is 6.10 Å². The number of piperidine rings is 1. The molecule has 0 aromatic carbocycles. The Kier molecular flexibility index (Phi) is 3.37. The van der Waals surface area contributed by atoms with Crippen LogP contribution in [0.25, 0.3) is 10.2 Å². The van der Waals surface area contributed by atoms with Crippen molar-refractivity contribution < 1.29 is 4.74 Å². The average molecular weight is 284 g/mol. The van der Waals surface area contributed by atoms with E-state index in [1.807, 2.05) is 5.38 Å². The second-order valence-electron chi connectivity index (χ2n) is 4.40. The molecule has 96 valence electrons. The molecule has 0 amide bonds. The van der Waals surface area contributed by atoms with Crippen LogP contribution in [-0.4, -0.2) is 36.3 Å². The zero-order chi connectivity index (χ0) is 12.5. The standard InChI is InChI=1S/C12H14ClN3OS/c1-17-8-3-2-5-16(7-8)10-9-4-6-18-11(9)15-12(13)14-10/h4,6,8H,2-3,5,7H2,1H3. The van der Waals surface area contributed by atoms with Crippen LogP contribution in [0.3, 0.4) is 0 Å². The highest BCUT2D eigenvalue weighted by atomic mass is 35.5. The maximum Gasteiger partial charge on any atom is 0.225 e. The molecule has 2 aromatic heterocycles. The van der Waals surface area contributed by atoms with Gasteiger partial charge in [0.15, 0.2) is 0 Å². The van der Waals surface area contributed by atoms with Gasteiger partial charge in [-0.25, -0.2) is 4.98 Å². The molecule has 1 atom stereocenters. The highest BCUT2D eigenvalue weighted by Crippen LogP contribution is 2.30. The van der Waals surface area contributed by atoms with Crippen molar-refractivity contribution in [1.29, 1.82) is 0 Å². The molecule has 0 N–H and O–H groups in total. The number of fused-ring (bicyclic) bond motifs is 1. The van der Waals surface area contributed by atoms with Gasteiger partial charge in [-0.15, -0.1) is 11.3 Å². The van der Waals surface area contributed by atoms with Gasteiger partial charge in [-0.2, -0.15) is 4.98 Å². The first-order valence-corrected chi connectivity index (χ1v) is 7.22. The van der Waals surface area contributed by atoms with E-state index in [9.17, 15) is 0 Å². The molecule has 18 heavy (non-hydrogen) atoms. The van der Waals surface area contributed by atoms with Gasteiger partial charge in [0.25, 0.3) is 0 Å². The minimum Gasteiger partial charge on any atom is -0.380 e. The third kappa shape index (κ3) is 2.18. The fourth-order valence-electron chi connectivity index (χ4n) is 2.38. The first kappa shape index (κ1) is 12.1. The molecular formula is C12H14ClN3OS. The summed E-state index contributed by atoms with van der Waals surface area (Å²) in [5, 5.41) is 3.43. The molecule has 0 radical (unpaired) electrons. The number of rotatable bonds is 2. The Labute approximate surface area is 115 Å². The molecule has 1 aliphatic heterocycles. The van der Waals surface area contributed by atoms with Gasteiger partial charge in [0, 0.05) is 20.2 Å². The number of anilines is 1. The maximum absolute atomic E-state index is 6.00. The maximum atomic E-state index is 6.00. The summed E-state index contributed by atoms with van der Waals surface area (Å²) in [4.78, 5) is 11.8. The Bertz CT molecular complexity index is 559. The number of methoxy groups -OCH3 is 1. The molecule has 0 saturated carbocycles. The van der Waals surface area contributed by atoms with Crippen molar-refractivity contribution in [2.24, 2.45) is 0 Å². The van der Waals surface area contributed by atoms with Gasteiger partial charge in [-0.3, -0.25) is 0 Å². The predicted octanol–water partition coefficient (Wildman–Crippen LogP) is 2.96. The van der Waals surface area contributed by atoms with E-state index in [1.165, 1.54) is 0 Å². The summed E-state index contributed by atoms with van der Waals surface area (Å²) in [5.74, 6) is 0.938. The van der Waals surface area contributed by atoms with Gasteiger partial charge in [0.05, 0.1) is 11.5 Å². The minimum atomic E-state index is 0.279. The van der Waals surface area contributed by atoms with Crippen LogP contribution in [0.4, 0.5) is 5.82 Å². The van der Waals surface area contributed by atoms with Gasteiger partial charge in [-0.1, -0.05) is 0 Å². The van der Waals surface area contributed by atoms with Gasteiger partial charge >= 0.3 is 0 Å². The second kappa shape index (κ2) is 4.99. The van der Waals surface area contributed by atoms with Crippen LogP contribution >= 0.6 is 22.9 Å². The number of aromatic nitrogens is 2. The number of ether oxygens (including phenoxy) is 1. The monoisotopic (exact) mass is 283 g/mol. The van der Waals surface area contributed by atoms with Crippen molar-refractivity contribution in [3.8, 4) is 0 Å². The molecule has 3 heterocycles. The van der Waals surface area contributed by atoms with E-state index in [1.54, 1.807) is 18.4 Å². The zero-order valence-corrected chi connectivity index (χ0v) is 11.7. The van der Waals surface area contributed by atoms with E-state index >= 15 is 0 Å². The van der Waals surface area contributed by atoms with Crippen LogP contribution in [0.15, 0.2) is 11.4 Å². The van der Waals surface area contributed by atoms with Crippen molar-refractivity contribution in [3.63, 3.8) is 0 Å². The summed E-state index contributed by atoms with van der Waals surface area (Å²) >= 11 is 7.59. The number of hydrogen-bond acceptors (Lipinski definition) is 5. The van der Waals surface area contributed by atoms with Crippen LogP contribution in [-0.2, 0) is 4.74 Å². The molecule has 1 aliphatic rings. The summed E-state index contributed by atoms with van der Waals surface area (Å²) in [6.45, 7) is 1.87. The molecular weight excluding hydrogens is 270 g/mol. The smallest absolute Gasteiger partial charge is 0.225 e. The van der Waals surface area contributed by atoms with Gasteiger partial charge in [-0.05, 0) is 35.9 Å². The molecule has 2 aromatic rings. The largest absolute Gasteiger partial charge is 0.380 e. The van der Waals surface area contributed by atoms with Crippen molar-refractivity contribution in [3.05, 3.63) is 16.7 Å². The molecule has 0 bridgehead atoms. The van der Waals surface area contributed by atoms with E-state index in [0.29, 0.717) is 5.28 Å². The molecule has 3 rings (SSSR count). The Morgan fingerprint density at radius 2 is 2.39 bits per heavy atom. The Morgan fingerprint density at radius 1 is 1.50 bits per heavy atom. The predicted molar refractivity (Wildman–Crippen MR) is 74.7 cm³/mol. The van der Waals surface area contributed by atoms with Crippen molar-refractivity contribution >= 4 is 39.0 Å². The number of halogens is 1. The fourth-order valence-corrected chi connectivity index (χ4v) is 3.35. The fraction of sp³-hybridized carbons (Fsp3) is 0.500. The normalized spacial score (nSPS) is 20.6. The Balaban J connectivity index is 2.00. The van der Waals surface area contributed by atoms with E-state index in [4.69, 9.17) is 16.3 Å². The zero-order valence-electron chi connectivity index (χ0n) is 10.1. The summed E-state index contributed by atoms with van der Waals surface area (Å²) in [5.41, 5.74) is 0. The summed E-state index contributed by atoms with van der Waals surface area (Å²) < 4.78 is 5.45. The quantitative estimate of drug-likeness (QED) is 0.794. The highest BCUT2D eigenvalue weighted by Gasteiger charge is 2.22. The van der Waals surface area contributed by atoms with Crippen LogP contribution in [0.2, 0.25) is 5.28 Å². The Morgan fingerprint density at radius 3 is 3.22 bits per heavy atom. The molecule has 0 aliphatic carbocycles. The summed E-state index contributed by atoms with van der Waals surface area (Å²) in [6.07, 6.45) is 2.51. The van der Waals surface area contributed by atoms with Gasteiger partial charge in [0.2, 0.25) is 5.28 Å². The lowest BCUT2D eigenvalue weighted by molar-refractivity contribution is 0.0892. The SMILES string of the molecule is COC1CCCN(c2nc(Cl)nc3sccc23)C1. The molecule has 1 fully saturated rings. The molecule has 1 unspecified atom stereocenters. The minimum absolute atomic E-state index is 0.279. The number of thiophene rings is 1. The molecule has 6 heteroatoms. The molecule has 1 saturated heterocycles. The van der Waals surface area contributed by atoms with Crippen LogP contribution in [0.5, 0.6) is 0 Å². The first-order chi connectivity index (χ1) is 8.78.